The normalized spacial score (nSPS) is 14.4. The van der Waals surface area contributed by atoms with Gasteiger partial charge in [-0.3, -0.25) is 0 Å². The van der Waals surface area contributed by atoms with Gasteiger partial charge in [0.1, 0.15) is 0 Å². The minimum absolute atomic E-state index is 0.515. The summed E-state index contributed by atoms with van der Waals surface area (Å²) >= 11 is 0. The van der Waals surface area contributed by atoms with E-state index in [1.807, 2.05) is 0 Å². The van der Waals surface area contributed by atoms with E-state index in [9.17, 15) is 0 Å². The van der Waals surface area contributed by atoms with Crippen LogP contribution in [-0.2, 0) is 0 Å². The van der Waals surface area contributed by atoms with E-state index >= 15 is 0 Å². The SMILES string of the molecule is [CH2]CCCCCC(C)CCC(C)(C)C. The molecule has 0 aromatic rings. The van der Waals surface area contributed by atoms with Crippen molar-refractivity contribution in [1.82, 2.24) is 0 Å². The summed E-state index contributed by atoms with van der Waals surface area (Å²) < 4.78 is 0. The van der Waals surface area contributed by atoms with Crippen LogP contribution in [0.1, 0.15) is 72.6 Å². The summed E-state index contributed by atoms with van der Waals surface area (Å²) in [6, 6.07) is 0. The molecular formula is C14H29. The van der Waals surface area contributed by atoms with Crippen molar-refractivity contribution in [2.24, 2.45) is 11.3 Å². The molecule has 0 aromatic heterocycles. The van der Waals surface area contributed by atoms with E-state index in [0.717, 1.165) is 12.3 Å². The van der Waals surface area contributed by atoms with Crippen LogP contribution in [0.5, 0.6) is 0 Å². The van der Waals surface area contributed by atoms with E-state index in [1.54, 1.807) is 0 Å². The highest BCUT2D eigenvalue weighted by molar-refractivity contribution is 4.64. The number of unbranched alkanes of at least 4 members (excludes halogenated alkanes) is 3. The van der Waals surface area contributed by atoms with Gasteiger partial charge < -0.3 is 0 Å². The van der Waals surface area contributed by atoms with Crippen molar-refractivity contribution < 1.29 is 0 Å². The highest BCUT2D eigenvalue weighted by atomic mass is 14.2. The molecule has 0 aliphatic carbocycles. The van der Waals surface area contributed by atoms with Gasteiger partial charge in [-0.15, -0.1) is 0 Å². The minimum atomic E-state index is 0.515. The average Bonchev–Trinajstić information content (AvgIpc) is 2.08. The van der Waals surface area contributed by atoms with Gasteiger partial charge in [-0.25, -0.2) is 0 Å². The van der Waals surface area contributed by atoms with Crippen LogP contribution in [0, 0.1) is 18.3 Å². The van der Waals surface area contributed by atoms with E-state index in [4.69, 9.17) is 0 Å². The maximum Gasteiger partial charge on any atom is -0.0383 e. The average molecular weight is 197 g/mol. The van der Waals surface area contributed by atoms with Gasteiger partial charge in [-0.1, -0.05) is 73.1 Å². The van der Waals surface area contributed by atoms with Crippen LogP contribution in [0.3, 0.4) is 0 Å². The number of hydrogen-bond donors (Lipinski definition) is 0. The van der Waals surface area contributed by atoms with Crippen LogP contribution in [0.4, 0.5) is 0 Å². The van der Waals surface area contributed by atoms with Crippen molar-refractivity contribution in [3.63, 3.8) is 0 Å². The highest BCUT2D eigenvalue weighted by Crippen LogP contribution is 2.25. The molecule has 0 saturated carbocycles. The molecule has 0 nitrogen and oxygen atoms in total. The van der Waals surface area contributed by atoms with Gasteiger partial charge in [-0.05, 0) is 17.8 Å². The molecule has 0 spiro atoms. The summed E-state index contributed by atoms with van der Waals surface area (Å²) in [5.41, 5.74) is 0.515. The Morgan fingerprint density at radius 2 is 1.64 bits per heavy atom. The van der Waals surface area contributed by atoms with Crippen molar-refractivity contribution in [2.45, 2.75) is 72.6 Å². The third-order valence-electron chi connectivity index (χ3n) is 2.83. The van der Waals surface area contributed by atoms with Crippen LogP contribution in [0.2, 0.25) is 0 Å². The molecule has 0 aliphatic heterocycles. The Bertz CT molecular complexity index is 118. The maximum atomic E-state index is 3.87. The Morgan fingerprint density at radius 1 is 1.00 bits per heavy atom. The molecule has 0 aromatic carbocycles. The molecule has 14 heavy (non-hydrogen) atoms. The minimum Gasteiger partial charge on any atom is -0.0625 e. The van der Waals surface area contributed by atoms with Crippen molar-refractivity contribution in [3.8, 4) is 0 Å². The topological polar surface area (TPSA) is 0 Å². The third kappa shape index (κ3) is 10.1. The molecule has 85 valence electrons. The Kier molecular flexibility index (Phi) is 7.31. The van der Waals surface area contributed by atoms with Gasteiger partial charge in [-0.2, -0.15) is 0 Å². The number of hydrogen-bond acceptors (Lipinski definition) is 0. The van der Waals surface area contributed by atoms with Crippen molar-refractivity contribution >= 4 is 0 Å². The molecule has 0 bridgehead atoms. The monoisotopic (exact) mass is 197 g/mol. The highest BCUT2D eigenvalue weighted by Gasteiger charge is 2.12. The lowest BCUT2D eigenvalue weighted by Gasteiger charge is -2.20. The smallest absolute Gasteiger partial charge is 0.0383 e. The molecule has 0 N–H and O–H groups in total. The molecule has 0 saturated heterocycles. The van der Waals surface area contributed by atoms with Crippen LogP contribution in [0.25, 0.3) is 0 Å². The lowest BCUT2D eigenvalue weighted by Crippen LogP contribution is -2.07. The first kappa shape index (κ1) is 14.0. The predicted molar refractivity (Wildman–Crippen MR) is 66.3 cm³/mol. The zero-order valence-corrected chi connectivity index (χ0v) is 10.7. The third-order valence-corrected chi connectivity index (χ3v) is 2.83. The molecule has 1 unspecified atom stereocenters. The standard InChI is InChI=1S/C14H29/c1-6-7-8-9-10-13(2)11-12-14(3,4)5/h13H,1,6-12H2,2-5H3. The molecule has 0 fully saturated rings. The molecule has 0 aliphatic rings. The number of rotatable bonds is 7. The van der Waals surface area contributed by atoms with Crippen LogP contribution in [-0.4, -0.2) is 0 Å². The van der Waals surface area contributed by atoms with Crippen molar-refractivity contribution in [2.75, 3.05) is 0 Å². The zero-order chi connectivity index (χ0) is 11.0. The first-order chi connectivity index (χ1) is 6.45. The van der Waals surface area contributed by atoms with E-state index in [2.05, 4.69) is 34.6 Å². The largest absolute Gasteiger partial charge is 0.0625 e. The van der Waals surface area contributed by atoms with Crippen molar-refractivity contribution in [3.05, 3.63) is 6.92 Å². The van der Waals surface area contributed by atoms with E-state index in [0.29, 0.717) is 5.41 Å². The molecule has 0 heterocycles. The van der Waals surface area contributed by atoms with E-state index in [1.165, 1.54) is 38.5 Å². The molecule has 1 atom stereocenters. The summed E-state index contributed by atoms with van der Waals surface area (Å²) in [6.07, 6.45) is 9.38. The lowest BCUT2D eigenvalue weighted by atomic mass is 9.86. The van der Waals surface area contributed by atoms with Crippen molar-refractivity contribution in [1.29, 1.82) is 0 Å². The summed E-state index contributed by atoms with van der Waals surface area (Å²) in [6.45, 7) is 13.3. The second-order valence-corrected chi connectivity index (χ2v) is 5.91. The fraction of sp³-hybridized carbons (Fsp3) is 0.929. The molecule has 0 amide bonds. The van der Waals surface area contributed by atoms with E-state index in [-0.39, 0.29) is 0 Å². The fourth-order valence-corrected chi connectivity index (χ4v) is 1.67. The zero-order valence-electron chi connectivity index (χ0n) is 10.7. The van der Waals surface area contributed by atoms with E-state index < -0.39 is 0 Å². The first-order valence-electron chi connectivity index (χ1n) is 6.25. The van der Waals surface area contributed by atoms with Gasteiger partial charge in [0.15, 0.2) is 0 Å². The molecule has 0 rings (SSSR count). The van der Waals surface area contributed by atoms with Gasteiger partial charge in [0.2, 0.25) is 0 Å². The summed E-state index contributed by atoms with van der Waals surface area (Å²) in [5, 5.41) is 0. The summed E-state index contributed by atoms with van der Waals surface area (Å²) in [4.78, 5) is 0. The van der Waals surface area contributed by atoms with Crippen LogP contribution in [0.15, 0.2) is 0 Å². The lowest BCUT2D eigenvalue weighted by molar-refractivity contribution is 0.319. The second-order valence-electron chi connectivity index (χ2n) is 5.91. The van der Waals surface area contributed by atoms with Gasteiger partial charge in [0.05, 0.1) is 0 Å². The van der Waals surface area contributed by atoms with Gasteiger partial charge in [0, 0.05) is 0 Å². The molecule has 1 radical (unpaired) electrons. The second kappa shape index (κ2) is 7.31. The molecule has 0 heteroatoms. The van der Waals surface area contributed by atoms with Gasteiger partial charge in [0.25, 0.3) is 0 Å². The molecular weight excluding hydrogens is 168 g/mol. The summed E-state index contributed by atoms with van der Waals surface area (Å²) in [7, 11) is 0. The van der Waals surface area contributed by atoms with Crippen LogP contribution >= 0.6 is 0 Å². The fourth-order valence-electron chi connectivity index (χ4n) is 1.67. The Hall–Kier alpha value is 0. The predicted octanol–water partition coefficient (Wildman–Crippen LogP) is 5.23. The Labute approximate surface area is 91.5 Å². The quantitative estimate of drug-likeness (QED) is 0.490. The Balaban J connectivity index is 3.32. The van der Waals surface area contributed by atoms with Crippen LogP contribution < -0.4 is 0 Å². The summed E-state index contributed by atoms with van der Waals surface area (Å²) in [5.74, 6) is 0.916. The first-order valence-corrected chi connectivity index (χ1v) is 6.25. The maximum absolute atomic E-state index is 3.87. The Morgan fingerprint density at radius 3 is 2.14 bits per heavy atom. The van der Waals surface area contributed by atoms with Gasteiger partial charge >= 0.3 is 0 Å².